The van der Waals surface area contributed by atoms with Crippen LogP contribution in [0.3, 0.4) is 0 Å². The van der Waals surface area contributed by atoms with Crippen LogP contribution in [0.2, 0.25) is 0 Å². The molecule has 1 aromatic rings. The first-order valence-corrected chi connectivity index (χ1v) is 10.3. The normalized spacial score (nSPS) is 21.0. The van der Waals surface area contributed by atoms with Crippen molar-refractivity contribution in [1.29, 1.82) is 5.26 Å². The first-order chi connectivity index (χ1) is 13.6. The average molecular weight is 421 g/mol. The van der Waals surface area contributed by atoms with Gasteiger partial charge in [0, 0.05) is 18.8 Å². The van der Waals surface area contributed by atoms with E-state index in [9.17, 15) is 18.0 Å². The van der Waals surface area contributed by atoms with E-state index in [1.807, 2.05) is 0 Å². The molecule has 0 amide bonds. The van der Waals surface area contributed by atoms with Crippen molar-refractivity contribution in [3.8, 4) is 6.07 Å². The second-order valence-electron chi connectivity index (χ2n) is 6.78. The molecular weight excluding hydrogens is 398 g/mol. The molecule has 1 fully saturated rings. The smallest absolute Gasteiger partial charge is 0.338 e. The number of esters is 1. The number of nitrogens with two attached hydrogens (primary N) is 1. The predicted octanol–water partition coefficient (Wildman–Crippen LogP) is 0.967. The number of benzene rings is 1. The molecule has 9 nitrogen and oxygen atoms in total. The lowest BCUT2D eigenvalue weighted by Gasteiger charge is -2.34. The van der Waals surface area contributed by atoms with Crippen molar-refractivity contribution >= 4 is 21.8 Å². The zero-order chi connectivity index (χ0) is 21.8. The second kappa shape index (κ2) is 9.17. The quantitative estimate of drug-likeness (QED) is 0.407. The number of hydrogen-bond acceptors (Lipinski definition) is 8. The van der Waals surface area contributed by atoms with Gasteiger partial charge in [0.1, 0.15) is 11.6 Å². The molecular formula is C19H23N3O6S. The number of carbonyl (C=O) groups excluding carboxylic acids is 2. The van der Waals surface area contributed by atoms with Crippen LogP contribution in [0, 0.1) is 11.3 Å². The van der Waals surface area contributed by atoms with Crippen LogP contribution in [0.15, 0.2) is 40.4 Å². The number of nitrogens with zero attached hydrogens (tertiary/aromatic N) is 2. The summed E-state index contributed by atoms with van der Waals surface area (Å²) >= 11 is 0. The van der Waals surface area contributed by atoms with Crippen LogP contribution in [0.4, 0.5) is 0 Å². The Morgan fingerprint density at radius 2 is 1.93 bits per heavy atom. The summed E-state index contributed by atoms with van der Waals surface area (Å²) in [5, 5.41) is 8.91. The van der Waals surface area contributed by atoms with Crippen molar-refractivity contribution < 1.29 is 27.5 Å². The summed E-state index contributed by atoms with van der Waals surface area (Å²) in [5.74, 6) is -1.62. The van der Waals surface area contributed by atoms with Gasteiger partial charge in [-0.15, -0.1) is 0 Å². The van der Waals surface area contributed by atoms with Crippen molar-refractivity contribution in [2.75, 3.05) is 19.7 Å². The minimum absolute atomic E-state index is 0.0237. The van der Waals surface area contributed by atoms with Gasteiger partial charge in [-0.3, -0.25) is 4.79 Å². The molecule has 1 aliphatic heterocycles. The van der Waals surface area contributed by atoms with Gasteiger partial charge >= 0.3 is 5.97 Å². The van der Waals surface area contributed by atoms with Crippen LogP contribution in [-0.4, -0.2) is 56.4 Å². The minimum atomic E-state index is -3.83. The zero-order valence-corrected chi connectivity index (χ0v) is 17.2. The maximum Gasteiger partial charge on any atom is 0.338 e. The van der Waals surface area contributed by atoms with Crippen molar-refractivity contribution in [2.24, 2.45) is 5.73 Å². The van der Waals surface area contributed by atoms with Crippen LogP contribution >= 0.6 is 0 Å². The highest BCUT2D eigenvalue weighted by molar-refractivity contribution is 7.89. The average Bonchev–Trinajstić information content (AvgIpc) is 2.65. The van der Waals surface area contributed by atoms with Crippen molar-refractivity contribution in [1.82, 2.24) is 4.31 Å². The zero-order valence-electron chi connectivity index (χ0n) is 16.4. The fourth-order valence-electron chi connectivity index (χ4n) is 2.92. The lowest BCUT2D eigenvalue weighted by atomic mass is 10.1. The summed E-state index contributed by atoms with van der Waals surface area (Å²) < 4.78 is 37.6. The van der Waals surface area contributed by atoms with Crippen molar-refractivity contribution in [2.45, 2.75) is 37.9 Å². The molecule has 0 unspecified atom stereocenters. The van der Waals surface area contributed by atoms with Gasteiger partial charge in [0.15, 0.2) is 6.61 Å². The van der Waals surface area contributed by atoms with Gasteiger partial charge in [-0.25, -0.2) is 13.2 Å². The third-order valence-corrected chi connectivity index (χ3v) is 6.04. The molecule has 2 rings (SSSR count). The van der Waals surface area contributed by atoms with Crippen LogP contribution in [-0.2, 0) is 24.3 Å². The van der Waals surface area contributed by atoms with Crippen LogP contribution < -0.4 is 5.73 Å². The Hall–Kier alpha value is -2.74. The maximum absolute atomic E-state index is 12.9. The summed E-state index contributed by atoms with van der Waals surface area (Å²) in [5.41, 5.74) is 5.15. The number of carbonyl (C=O) groups is 2. The number of ketones is 1. The van der Waals surface area contributed by atoms with E-state index in [0.29, 0.717) is 0 Å². The maximum atomic E-state index is 12.9. The number of ether oxygens (including phenoxy) is 2. The van der Waals surface area contributed by atoms with Crippen LogP contribution in [0.5, 0.6) is 0 Å². The Bertz CT molecular complexity index is 966. The number of allylic oxidation sites excluding steroid dienone is 1. The second-order valence-corrected chi connectivity index (χ2v) is 8.71. The summed E-state index contributed by atoms with van der Waals surface area (Å²) in [6.45, 7) is 4.70. The van der Waals surface area contributed by atoms with Crippen LogP contribution in [0.25, 0.3) is 0 Å². The van der Waals surface area contributed by atoms with Crippen molar-refractivity contribution in [3.63, 3.8) is 0 Å². The Labute approximate surface area is 169 Å². The first-order valence-electron chi connectivity index (χ1n) is 8.88. The van der Waals surface area contributed by atoms with E-state index in [1.165, 1.54) is 35.5 Å². The van der Waals surface area contributed by atoms with Crippen molar-refractivity contribution in [3.05, 3.63) is 41.1 Å². The lowest BCUT2D eigenvalue weighted by Crippen LogP contribution is -2.48. The molecule has 0 saturated carbocycles. The van der Waals surface area contributed by atoms with E-state index < -0.39 is 28.4 Å². The molecule has 2 atom stereocenters. The highest BCUT2D eigenvalue weighted by atomic mass is 32.2. The number of morpholine rings is 1. The monoisotopic (exact) mass is 421 g/mol. The first kappa shape index (κ1) is 22.5. The van der Waals surface area contributed by atoms with Gasteiger partial charge < -0.3 is 15.2 Å². The molecule has 2 N–H and O–H groups in total. The molecule has 1 heterocycles. The fourth-order valence-corrected chi connectivity index (χ4v) is 4.55. The van der Waals surface area contributed by atoms with E-state index in [0.717, 1.165) is 0 Å². The summed E-state index contributed by atoms with van der Waals surface area (Å²) in [4.78, 5) is 24.1. The Balaban J connectivity index is 2.16. The third-order valence-electron chi connectivity index (χ3n) is 4.21. The number of hydrogen-bond donors (Lipinski definition) is 1. The van der Waals surface area contributed by atoms with Gasteiger partial charge in [-0.2, -0.15) is 9.57 Å². The molecule has 0 spiro atoms. The van der Waals surface area contributed by atoms with Gasteiger partial charge in [0.25, 0.3) is 0 Å². The van der Waals surface area contributed by atoms with E-state index in [-0.39, 0.29) is 47.0 Å². The van der Waals surface area contributed by atoms with Gasteiger partial charge in [0.2, 0.25) is 15.8 Å². The molecule has 1 saturated heterocycles. The van der Waals surface area contributed by atoms with E-state index in [1.54, 1.807) is 19.9 Å². The Morgan fingerprint density at radius 1 is 1.31 bits per heavy atom. The number of nitriles is 1. The fraction of sp³-hybridized carbons (Fsp3) is 0.421. The summed E-state index contributed by atoms with van der Waals surface area (Å²) in [6, 6.07) is 7.04. The molecule has 1 aliphatic rings. The summed E-state index contributed by atoms with van der Waals surface area (Å²) in [6.07, 6.45) is -0.498. The highest BCUT2D eigenvalue weighted by Crippen LogP contribution is 2.22. The number of sulfonamides is 1. The molecule has 1 aromatic carbocycles. The van der Waals surface area contributed by atoms with E-state index >= 15 is 0 Å². The summed E-state index contributed by atoms with van der Waals surface area (Å²) in [7, 11) is -3.83. The highest BCUT2D eigenvalue weighted by Gasteiger charge is 2.32. The largest absolute Gasteiger partial charge is 0.454 e. The molecule has 0 aliphatic carbocycles. The molecule has 29 heavy (non-hydrogen) atoms. The number of rotatable bonds is 6. The third kappa shape index (κ3) is 5.41. The standard InChI is InChI=1S/C19H23N3O6S/c1-12-9-22(10-13(2)28-12)29(25,26)16-6-4-5-15(7-16)19(24)27-11-18(23)17(8-20)14(3)21/h4-7,12-13H,9-11,21H2,1-3H3/b17-14+/t12-,13-/m1/s1. The predicted molar refractivity (Wildman–Crippen MR) is 103 cm³/mol. The van der Waals surface area contributed by atoms with Gasteiger partial charge in [-0.05, 0) is 39.0 Å². The molecule has 0 aromatic heterocycles. The SMILES string of the molecule is C/C(N)=C(/C#N)C(=O)COC(=O)c1cccc(S(=O)(=O)N2C[C@@H](C)O[C@H](C)C2)c1. The number of Topliss-reactive ketones (excluding diaryl/α,β-unsaturated/α-hetero) is 1. The molecule has 156 valence electrons. The molecule has 0 radical (unpaired) electrons. The molecule has 0 bridgehead atoms. The topological polar surface area (TPSA) is 140 Å². The van der Waals surface area contributed by atoms with Crippen LogP contribution in [0.1, 0.15) is 31.1 Å². The van der Waals surface area contributed by atoms with E-state index in [2.05, 4.69) is 0 Å². The molecule has 10 heteroatoms. The Kier molecular flexibility index (Phi) is 7.13. The minimum Gasteiger partial charge on any atom is -0.454 e. The van der Waals surface area contributed by atoms with E-state index in [4.69, 9.17) is 20.5 Å². The van der Waals surface area contributed by atoms with Gasteiger partial charge in [-0.1, -0.05) is 6.07 Å². The van der Waals surface area contributed by atoms with Gasteiger partial charge in [0.05, 0.1) is 22.7 Å². The Morgan fingerprint density at radius 3 is 2.48 bits per heavy atom. The lowest BCUT2D eigenvalue weighted by molar-refractivity contribution is -0.118.